The molecule has 124 valence electrons. The molecule has 6 nitrogen and oxygen atoms in total. The lowest BCUT2D eigenvalue weighted by Gasteiger charge is -2.33. The highest BCUT2D eigenvalue weighted by molar-refractivity contribution is 5.91. The lowest BCUT2D eigenvalue weighted by Crippen LogP contribution is -2.38. The molecule has 0 aromatic heterocycles. The normalized spacial score (nSPS) is 32.6. The summed E-state index contributed by atoms with van der Waals surface area (Å²) in [5.74, 6) is -3.03. The van der Waals surface area contributed by atoms with Crippen LogP contribution in [0.5, 0.6) is 0 Å². The van der Waals surface area contributed by atoms with Gasteiger partial charge >= 0.3 is 11.9 Å². The van der Waals surface area contributed by atoms with Crippen LogP contribution in [0.4, 0.5) is 0 Å². The summed E-state index contributed by atoms with van der Waals surface area (Å²) in [6, 6.07) is 0. The molecule has 2 aliphatic heterocycles. The second-order valence-electron chi connectivity index (χ2n) is 6.05. The molecule has 0 aromatic rings. The van der Waals surface area contributed by atoms with Crippen molar-refractivity contribution in [3.05, 3.63) is 12.2 Å². The van der Waals surface area contributed by atoms with Gasteiger partial charge in [-0.1, -0.05) is 0 Å². The summed E-state index contributed by atoms with van der Waals surface area (Å²) in [6.45, 7) is 4.61. The van der Waals surface area contributed by atoms with Crippen molar-refractivity contribution in [3.63, 3.8) is 0 Å². The van der Waals surface area contributed by atoms with Gasteiger partial charge in [0, 0.05) is 38.8 Å². The van der Waals surface area contributed by atoms with E-state index in [1.807, 2.05) is 0 Å². The number of esters is 2. The second-order valence-corrected chi connectivity index (χ2v) is 6.05. The first-order valence-corrected chi connectivity index (χ1v) is 7.83. The lowest BCUT2D eigenvalue weighted by atomic mass is 10.1. The standard InChI is InChI=1S/C16H24O6/c1-15(9-3-5-11-19-15)21-13(17)7-8-14(18)22-16(2)10-4-6-12-20-16/h7-8H,3-6,9-12H2,1-2H3/b8-7-. The van der Waals surface area contributed by atoms with Crippen molar-refractivity contribution in [2.45, 2.75) is 63.9 Å². The smallest absolute Gasteiger partial charge is 0.333 e. The Hall–Kier alpha value is -1.40. The van der Waals surface area contributed by atoms with Crippen LogP contribution in [0.15, 0.2) is 12.2 Å². The number of hydrogen-bond acceptors (Lipinski definition) is 6. The molecule has 2 saturated heterocycles. The van der Waals surface area contributed by atoms with E-state index in [-0.39, 0.29) is 0 Å². The maximum Gasteiger partial charge on any atom is 0.333 e. The van der Waals surface area contributed by atoms with E-state index < -0.39 is 23.5 Å². The number of carbonyl (C=O) groups excluding carboxylic acids is 2. The zero-order chi connectivity index (χ0) is 16.1. The molecular formula is C16H24O6. The van der Waals surface area contributed by atoms with E-state index in [0.29, 0.717) is 26.1 Å². The van der Waals surface area contributed by atoms with Crippen molar-refractivity contribution in [2.75, 3.05) is 13.2 Å². The van der Waals surface area contributed by atoms with Gasteiger partial charge in [0.2, 0.25) is 11.6 Å². The Morgan fingerprint density at radius 2 is 1.23 bits per heavy atom. The molecule has 2 aliphatic rings. The van der Waals surface area contributed by atoms with Gasteiger partial charge in [-0.25, -0.2) is 9.59 Å². The zero-order valence-electron chi connectivity index (χ0n) is 13.3. The predicted octanol–water partition coefficient (Wildman–Crippen LogP) is 2.46. The molecule has 2 unspecified atom stereocenters. The molecule has 2 fully saturated rings. The molecular weight excluding hydrogens is 288 g/mol. The van der Waals surface area contributed by atoms with E-state index in [1.165, 1.54) is 0 Å². The molecule has 0 saturated carbocycles. The van der Waals surface area contributed by atoms with Gasteiger partial charge < -0.3 is 18.9 Å². The molecule has 22 heavy (non-hydrogen) atoms. The number of ether oxygens (including phenoxy) is 4. The Balaban J connectivity index is 1.80. The average molecular weight is 312 g/mol. The van der Waals surface area contributed by atoms with Crippen LogP contribution in [0, 0.1) is 0 Å². The Morgan fingerprint density at radius 3 is 1.55 bits per heavy atom. The van der Waals surface area contributed by atoms with E-state index in [4.69, 9.17) is 18.9 Å². The van der Waals surface area contributed by atoms with E-state index in [0.717, 1.165) is 37.8 Å². The summed E-state index contributed by atoms with van der Waals surface area (Å²) in [7, 11) is 0. The van der Waals surface area contributed by atoms with E-state index in [9.17, 15) is 9.59 Å². The van der Waals surface area contributed by atoms with Gasteiger partial charge in [0.1, 0.15) is 0 Å². The largest absolute Gasteiger partial charge is 0.430 e. The lowest BCUT2D eigenvalue weighted by molar-refractivity contribution is -0.235. The van der Waals surface area contributed by atoms with Gasteiger partial charge in [0.05, 0.1) is 13.2 Å². The zero-order valence-corrected chi connectivity index (χ0v) is 13.3. The summed E-state index contributed by atoms with van der Waals surface area (Å²) < 4.78 is 21.4. The van der Waals surface area contributed by atoms with Crippen LogP contribution in [0.2, 0.25) is 0 Å². The van der Waals surface area contributed by atoms with Crippen molar-refractivity contribution in [3.8, 4) is 0 Å². The third-order valence-corrected chi connectivity index (χ3v) is 3.85. The summed E-state index contributed by atoms with van der Waals surface area (Å²) in [5.41, 5.74) is 0. The Morgan fingerprint density at radius 1 is 0.818 bits per heavy atom. The molecule has 0 radical (unpaired) electrons. The molecule has 0 spiro atoms. The highest BCUT2D eigenvalue weighted by Gasteiger charge is 2.32. The topological polar surface area (TPSA) is 71.1 Å². The summed E-state index contributed by atoms with van der Waals surface area (Å²) in [5, 5.41) is 0. The monoisotopic (exact) mass is 312 g/mol. The minimum absolute atomic E-state index is 0.575. The molecule has 0 bridgehead atoms. The fourth-order valence-corrected chi connectivity index (χ4v) is 2.61. The van der Waals surface area contributed by atoms with Crippen molar-refractivity contribution < 1.29 is 28.5 Å². The van der Waals surface area contributed by atoms with Crippen molar-refractivity contribution in [2.24, 2.45) is 0 Å². The van der Waals surface area contributed by atoms with Gasteiger partial charge in [-0.15, -0.1) is 0 Å². The van der Waals surface area contributed by atoms with Crippen LogP contribution in [0.3, 0.4) is 0 Å². The summed E-state index contributed by atoms with van der Waals surface area (Å²) >= 11 is 0. The van der Waals surface area contributed by atoms with E-state index >= 15 is 0 Å². The SMILES string of the molecule is CC1(OC(=O)/C=C\C(=O)OC2(C)CCCCO2)CCCCO1. The Bertz CT molecular complexity index is 390. The van der Waals surface area contributed by atoms with Gasteiger partial charge in [-0.3, -0.25) is 0 Å². The van der Waals surface area contributed by atoms with Crippen LogP contribution in [-0.2, 0) is 28.5 Å². The molecule has 2 atom stereocenters. The van der Waals surface area contributed by atoms with Crippen molar-refractivity contribution >= 4 is 11.9 Å². The van der Waals surface area contributed by atoms with Crippen LogP contribution < -0.4 is 0 Å². The van der Waals surface area contributed by atoms with Gasteiger partial charge in [0.15, 0.2) is 0 Å². The van der Waals surface area contributed by atoms with Crippen molar-refractivity contribution in [1.82, 2.24) is 0 Å². The first kappa shape index (κ1) is 17.0. The average Bonchev–Trinajstić information content (AvgIpc) is 2.46. The van der Waals surface area contributed by atoms with Crippen LogP contribution >= 0.6 is 0 Å². The molecule has 0 N–H and O–H groups in total. The van der Waals surface area contributed by atoms with Crippen LogP contribution in [0.25, 0.3) is 0 Å². The fourth-order valence-electron chi connectivity index (χ4n) is 2.61. The second kappa shape index (κ2) is 7.24. The molecule has 0 aromatic carbocycles. The summed E-state index contributed by atoms with van der Waals surface area (Å²) in [4.78, 5) is 23.5. The third kappa shape index (κ3) is 5.10. The molecule has 2 rings (SSSR count). The number of rotatable bonds is 4. The maximum absolute atomic E-state index is 11.8. The number of carbonyl (C=O) groups is 2. The fraction of sp³-hybridized carbons (Fsp3) is 0.750. The predicted molar refractivity (Wildman–Crippen MR) is 77.7 cm³/mol. The first-order chi connectivity index (χ1) is 10.4. The minimum atomic E-state index is -0.901. The molecule has 0 amide bonds. The van der Waals surface area contributed by atoms with E-state index in [1.54, 1.807) is 13.8 Å². The molecule has 6 heteroatoms. The van der Waals surface area contributed by atoms with Crippen LogP contribution in [0.1, 0.15) is 52.4 Å². The minimum Gasteiger partial charge on any atom is -0.430 e. The number of hydrogen-bond donors (Lipinski definition) is 0. The Kier molecular flexibility index (Phi) is 5.58. The van der Waals surface area contributed by atoms with Gasteiger partial charge in [0.25, 0.3) is 0 Å². The summed E-state index contributed by atoms with van der Waals surface area (Å²) in [6.07, 6.45) is 7.28. The van der Waals surface area contributed by atoms with E-state index in [2.05, 4.69) is 0 Å². The molecule has 0 aliphatic carbocycles. The maximum atomic E-state index is 11.8. The highest BCUT2D eigenvalue weighted by atomic mass is 16.7. The molecule has 2 heterocycles. The third-order valence-electron chi connectivity index (χ3n) is 3.85. The highest BCUT2D eigenvalue weighted by Crippen LogP contribution is 2.27. The van der Waals surface area contributed by atoms with Crippen LogP contribution in [-0.4, -0.2) is 36.7 Å². The Labute approximate surface area is 130 Å². The van der Waals surface area contributed by atoms with Gasteiger partial charge in [-0.2, -0.15) is 0 Å². The quantitative estimate of drug-likeness (QED) is 0.586. The first-order valence-electron chi connectivity index (χ1n) is 7.83. The van der Waals surface area contributed by atoms with Crippen molar-refractivity contribution in [1.29, 1.82) is 0 Å². The van der Waals surface area contributed by atoms with Gasteiger partial charge in [-0.05, 0) is 25.7 Å².